The number of anilines is 1. The molecule has 10 heteroatoms. The van der Waals surface area contributed by atoms with Crippen molar-refractivity contribution >= 4 is 29.2 Å². The van der Waals surface area contributed by atoms with Gasteiger partial charge in [-0.25, -0.2) is 4.98 Å². The fourth-order valence-electron chi connectivity index (χ4n) is 3.44. The first-order valence-electron chi connectivity index (χ1n) is 10.3. The van der Waals surface area contributed by atoms with Crippen molar-refractivity contribution in [2.45, 2.75) is 25.4 Å². The van der Waals surface area contributed by atoms with Gasteiger partial charge in [0.1, 0.15) is 5.82 Å². The number of pyridine rings is 1. The van der Waals surface area contributed by atoms with Crippen molar-refractivity contribution in [3.05, 3.63) is 58.7 Å². The van der Waals surface area contributed by atoms with E-state index in [1.807, 2.05) is 4.90 Å². The second-order valence-electron chi connectivity index (χ2n) is 7.49. The van der Waals surface area contributed by atoms with E-state index in [1.165, 1.54) is 6.07 Å². The van der Waals surface area contributed by atoms with Crippen LogP contribution in [0.5, 0.6) is 0 Å². The maximum Gasteiger partial charge on any atom is 0.417 e. The Morgan fingerprint density at radius 2 is 1.78 bits per heavy atom. The van der Waals surface area contributed by atoms with Gasteiger partial charge in [-0.2, -0.15) is 13.2 Å². The summed E-state index contributed by atoms with van der Waals surface area (Å²) in [5.74, 6) is 0.244. The van der Waals surface area contributed by atoms with Crippen molar-refractivity contribution in [2.24, 2.45) is 0 Å². The first kappa shape index (κ1) is 23.8. The van der Waals surface area contributed by atoms with Gasteiger partial charge in [0.05, 0.1) is 5.56 Å². The molecule has 1 saturated heterocycles. The zero-order chi connectivity index (χ0) is 23.1. The lowest BCUT2D eigenvalue weighted by Crippen LogP contribution is -2.35. The summed E-state index contributed by atoms with van der Waals surface area (Å²) in [6.07, 6.45) is -2.07. The molecule has 0 aliphatic carbocycles. The molecule has 0 radical (unpaired) electrons. The summed E-state index contributed by atoms with van der Waals surface area (Å²) in [5.41, 5.74) is -0.277. The molecule has 1 N–H and O–H groups in total. The second-order valence-corrected chi connectivity index (χ2v) is 7.93. The number of alkyl halides is 3. The number of nitrogens with one attached hydrogen (secondary N) is 1. The molecule has 6 nitrogen and oxygen atoms in total. The number of rotatable bonds is 6. The molecule has 1 aliphatic rings. The number of hydrogen-bond acceptors (Lipinski definition) is 4. The lowest BCUT2D eigenvalue weighted by molar-refractivity contribution is -0.137. The predicted molar refractivity (Wildman–Crippen MR) is 116 cm³/mol. The topological polar surface area (TPSA) is 65.5 Å². The van der Waals surface area contributed by atoms with Crippen LogP contribution >= 0.6 is 11.6 Å². The van der Waals surface area contributed by atoms with E-state index in [-0.39, 0.29) is 11.8 Å². The number of hydrogen-bond donors (Lipinski definition) is 1. The van der Waals surface area contributed by atoms with Crippen LogP contribution in [0, 0.1) is 0 Å². The molecular weight excluding hydrogens is 445 g/mol. The molecule has 0 saturated carbocycles. The van der Waals surface area contributed by atoms with Crippen LogP contribution in [0.25, 0.3) is 0 Å². The van der Waals surface area contributed by atoms with Crippen molar-refractivity contribution in [2.75, 3.05) is 37.6 Å². The molecule has 0 unspecified atom stereocenters. The van der Waals surface area contributed by atoms with E-state index in [2.05, 4.69) is 10.3 Å². The van der Waals surface area contributed by atoms with Crippen LogP contribution in [0.1, 0.15) is 35.2 Å². The third-order valence-corrected chi connectivity index (χ3v) is 5.46. The average Bonchev–Trinajstić information content (AvgIpc) is 3.03. The molecule has 2 aromatic rings. The van der Waals surface area contributed by atoms with Gasteiger partial charge in [-0.15, -0.1) is 0 Å². The summed E-state index contributed by atoms with van der Waals surface area (Å²) in [5, 5.41) is 3.34. The van der Waals surface area contributed by atoms with E-state index < -0.39 is 11.7 Å². The molecule has 0 bridgehead atoms. The molecule has 0 spiro atoms. The number of halogens is 4. The van der Waals surface area contributed by atoms with Crippen molar-refractivity contribution in [3.8, 4) is 0 Å². The minimum Gasteiger partial charge on any atom is -0.355 e. The number of carbonyl (C=O) groups is 2. The van der Waals surface area contributed by atoms with Crippen molar-refractivity contribution in [3.63, 3.8) is 0 Å². The molecule has 172 valence electrons. The van der Waals surface area contributed by atoms with Crippen LogP contribution in [-0.4, -0.2) is 54.4 Å². The maximum absolute atomic E-state index is 12.7. The van der Waals surface area contributed by atoms with Crippen LogP contribution in [0.15, 0.2) is 42.6 Å². The summed E-state index contributed by atoms with van der Waals surface area (Å²) in [7, 11) is 0. The predicted octanol–water partition coefficient (Wildman–Crippen LogP) is 4.00. The Balaban J connectivity index is 1.42. The molecule has 1 fully saturated rings. The fraction of sp³-hybridized carbons (Fsp3) is 0.409. The van der Waals surface area contributed by atoms with E-state index in [1.54, 1.807) is 29.2 Å². The number of aromatic nitrogens is 1. The number of carbonyl (C=O) groups excluding carboxylic acids is 2. The molecule has 2 heterocycles. The van der Waals surface area contributed by atoms with E-state index in [4.69, 9.17) is 11.6 Å². The van der Waals surface area contributed by atoms with Crippen molar-refractivity contribution in [1.82, 2.24) is 15.2 Å². The van der Waals surface area contributed by atoms with E-state index in [0.717, 1.165) is 12.3 Å². The summed E-state index contributed by atoms with van der Waals surface area (Å²) >= 11 is 5.81. The van der Waals surface area contributed by atoms with Gasteiger partial charge in [0, 0.05) is 55.9 Å². The Morgan fingerprint density at radius 3 is 2.44 bits per heavy atom. The SMILES string of the molecule is O=C(NCCCC(=O)N1CCCN(c2ccc(C(F)(F)F)cn2)CC1)c1ccc(Cl)cc1. The Labute approximate surface area is 189 Å². The Kier molecular flexibility index (Phi) is 7.95. The molecule has 0 atom stereocenters. The minimum absolute atomic E-state index is 0.00651. The van der Waals surface area contributed by atoms with Crippen LogP contribution in [0.2, 0.25) is 5.02 Å². The highest BCUT2D eigenvalue weighted by atomic mass is 35.5. The Bertz CT molecular complexity index is 920. The summed E-state index contributed by atoms with van der Waals surface area (Å²) in [6, 6.07) is 8.94. The van der Waals surface area contributed by atoms with Crippen LogP contribution in [0.3, 0.4) is 0 Å². The first-order valence-corrected chi connectivity index (χ1v) is 10.7. The molecule has 32 heavy (non-hydrogen) atoms. The molecule has 1 aromatic heterocycles. The Morgan fingerprint density at radius 1 is 1.03 bits per heavy atom. The highest BCUT2D eigenvalue weighted by Crippen LogP contribution is 2.29. The van der Waals surface area contributed by atoms with Crippen molar-refractivity contribution in [1.29, 1.82) is 0 Å². The summed E-state index contributed by atoms with van der Waals surface area (Å²) in [4.78, 5) is 32.2. The first-order chi connectivity index (χ1) is 15.2. The normalized spacial score (nSPS) is 14.8. The quantitative estimate of drug-likeness (QED) is 0.651. The smallest absolute Gasteiger partial charge is 0.355 e. The maximum atomic E-state index is 12.7. The fourth-order valence-corrected chi connectivity index (χ4v) is 3.57. The molecule has 1 aromatic carbocycles. The van der Waals surface area contributed by atoms with Gasteiger partial charge in [-0.1, -0.05) is 11.6 Å². The Hall–Kier alpha value is -2.81. The van der Waals surface area contributed by atoms with Crippen LogP contribution in [-0.2, 0) is 11.0 Å². The van der Waals surface area contributed by atoms with Gasteiger partial charge in [0.15, 0.2) is 0 Å². The zero-order valence-corrected chi connectivity index (χ0v) is 18.1. The summed E-state index contributed by atoms with van der Waals surface area (Å²) in [6.45, 7) is 2.53. The molecular formula is C22H24ClF3N4O2. The third kappa shape index (κ3) is 6.59. The monoisotopic (exact) mass is 468 g/mol. The lowest BCUT2D eigenvalue weighted by atomic mass is 10.2. The lowest BCUT2D eigenvalue weighted by Gasteiger charge is -2.23. The van der Waals surface area contributed by atoms with Crippen LogP contribution in [0.4, 0.5) is 19.0 Å². The van der Waals surface area contributed by atoms with E-state index in [9.17, 15) is 22.8 Å². The number of nitrogens with zero attached hydrogens (tertiary/aromatic N) is 3. The van der Waals surface area contributed by atoms with Gasteiger partial charge in [0.2, 0.25) is 5.91 Å². The second kappa shape index (κ2) is 10.7. The van der Waals surface area contributed by atoms with Gasteiger partial charge < -0.3 is 15.1 Å². The largest absolute Gasteiger partial charge is 0.417 e. The van der Waals surface area contributed by atoms with E-state index in [0.29, 0.717) is 68.4 Å². The molecule has 1 aliphatic heterocycles. The third-order valence-electron chi connectivity index (χ3n) is 5.21. The molecule has 3 rings (SSSR count). The van der Waals surface area contributed by atoms with Crippen LogP contribution < -0.4 is 10.2 Å². The average molecular weight is 469 g/mol. The number of benzene rings is 1. The highest BCUT2D eigenvalue weighted by molar-refractivity contribution is 6.30. The summed E-state index contributed by atoms with van der Waals surface area (Å²) < 4.78 is 38.1. The van der Waals surface area contributed by atoms with Gasteiger partial charge in [0.25, 0.3) is 5.91 Å². The van der Waals surface area contributed by atoms with Gasteiger partial charge >= 0.3 is 6.18 Å². The number of amides is 2. The van der Waals surface area contributed by atoms with Gasteiger partial charge in [-0.3, -0.25) is 9.59 Å². The highest BCUT2D eigenvalue weighted by Gasteiger charge is 2.31. The van der Waals surface area contributed by atoms with E-state index >= 15 is 0 Å². The minimum atomic E-state index is -4.41. The molecule has 2 amide bonds. The van der Waals surface area contributed by atoms with Crippen molar-refractivity contribution < 1.29 is 22.8 Å². The standard InChI is InChI=1S/C22H24ClF3N4O2/c23-18-7-4-16(5-8-18)21(32)27-10-1-3-20(31)30-12-2-11-29(13-14-30)19-9-6-17(15-28-19)22(24,25)26/h4-9,15H,1-3,10-14H2,(H,27,32). The van der Waals surface area contributed by atoms with Gasteiger partial charge in [-0.05, 0) is 49.2 Å². The zero-order valence-electron chi connectivity index (χ0n) is 17.4.